The number of likely N-dealkylation sites (tertiary alicyclic amines) is 1. The number of likely N-dealkylation sites (N-methyl/N-ethyl adjacent to an activating group) is 1. The molecule has 4 heterocycles. The van der Waals surface area contributed by atoms with E-state index in [1.807, 2.05) is 7.05 Å². The molecule has 1 saturated heterocycles. The number of methoxy groups -OCH3 is 1. The zero-order chi connectivity index (χ0) is 28.9. The van der Waals surface area contributed by atoms with Crippen molar-refractivity contribution in [3.05, 3.63) is 53.3 Å². The summed E-state index contributed by atoms with van der Waals surface area (Å²) in [6.07, 6.45) is 0.995. The van der Waals surface area contributed by atoms with Crippen molar-refractivity contribution in [3.8, 4) is 22.7 Å². The summed E-state index contributed by atoms with van der Waals surface area (Å²) in [5.74, 6) is 0.824. The van der Waals surface area contributed by atoms with E-state index >= 15 is 0 Å². The van der Waals surface area contributed by atoms with Crippen molar-refractivity contribution in [1.82, 2.24) is 28.8 Å². The third-order valence-electron chi connectivity index (χ3n) is 7.34. The van der Waals surface area contributed by atoms with Gasteiger partial charge < -0.3 is 15.0 Å². The molecule has 0 atom stereocenters. The first-order valence-electron chi connectivity index (χ1n) is 12.8. The van der Waals surface area contributed by atoms with Crippen molar-refractivity contribution in [2.24, 2.45) is 0 Å². The topological polar surface area (TPSA) is 129 Å². The smallest absolute Gasteiger partial charge is 0.291 e. The molecular weight excluding hydrogens is 574 g/mol. The second-order valence-corrected chi connectivity index (χ2v) is 13.1. The highest BCUT2D eigenvalue weighted by atomic mass is 32.2. The molecule has 6 rings (SSSR count). The van der Waals surface area contributed by atoms with Gasteiger partial charge in [0.05, 0.1) is 36.6 Å². The van der Waals surface area contributed by atoms with E-state index in [0.29, 0.717) is 46.7 Å². The summed E-state index contributed by atoms with van der Waals surface area (Å²) in [6.45, 7) is 1.51. The van der Waals surface area contributed by atoms with Gasteiger partial charge in [0, 0.05) is 25.8 Å². The van der Waals surface area contributed by atoms with Crippen molar-refractivity contribution in [1.29, 1.82) is 5.26 Å². The monoisotopic (exact) mass is 600 g/mol. The zero-order valence-corrected chi connectivity index (χ0v) is 23.8. The maximum Gasteiger partial charge on any atom is 0.291 e. The third-order valence-corrected chi connectivity index (χ3v) is 10.1. The standard InChI is InChI=1S/C26H26F2N8O3S2/c1-34-12-17(13-34)31-20-9-19(14-35-21(20)10-30-23(35)25-33-32-24(40-25)22(27)28)41(37,38)36(26(15-29)7-8-26)11-16-3-5-18(39-2)6-4-16/h3-6,9-10,14,17,22,31H,7-8,11-13H2,1-2H3. The number of fused-ring (bicyclic) bond motifs is 1. The normalized spacial score (nSPS) is 17.1. The van der Waals surface area contributed by atoms with Gasteiger partial charge in [-0.1, -0.05) is 23.5 Å². The average Bonchev–Trinajstić information content (AvgIpc) is 3.35. The van der Waals surface area contributed by atoms with Crippen molar-refractivity contribution < 1.29 is 21.9 Å². The number of ether oxygens (including phenoxy) is 1. The maximum atomic E-state index is 14.3. The second kappa shape index (κ2) is 10.3. The van der Waals surface area contributed by atoms with Gasteiger partial charge in [-0.2, -0.15) is 9.57 Å². The van der Waals surface area contributed by atoms with Crippen LogP contribution in [0.4, 0.5) is 14.5 Å². The Kier molecular flexibility index (Phi) is 6.89. The minimum absolute atomic E-state index is 0.0148. The van der Waals surface area contributed by atoms with Crippen LogP contribution >= 0.6 is 11.3 Å². The molecule has 4 aromatic rings. The molecule has 11 nitrogen and oxygen atoms in total. The number of nitrogens with one attached hydrogen (secondary N) is 1. The van der Waals surface area contributed by atoms with Crippen LogP contribution in [0.3, 0.4) is 0 Å². The quantitative estimate of drug-likeness (QED) is 0.289. The number of hydrogen-bond donors (Lipinski definition) is 1. The first-order valence-corrected chi connectivity index (χ1v) is 15.0. The highest BCUT2D eigenvalue weighted by molar-refractivity contribution is 7.89. The van der Waals surface area contributed by atoms with Gasteiger partial charge in [-0.05, 0) is 43.7 Å². The maximum absolute atomic E-state index is 14.3. The average molecular weight is 601 g/mol. The molecule has 1 aliphatic heterocycles. The fourth-order valence-electron chi connectivity index (χ4n) is 4.94. The molecule has 0 unspecified atom stereocenters. The number of pyridine rings is 1. The van der Waals surface area contributed by atoms with Crippen LogP contribution in [0, 0.1) is 11.3 Å². The van der Waals surface area contributed by atoms with Gasteiger partial charge in [-0.25, -0.2) is 22.2 Å². The number of alkyl halides is 2. The molecule has 15 heteroatoms. The van der Waals surface area contributed by atoms with Gasteiger partial charge in [0.25, 0.3) is 6.43 Å². The van der Waals surface area contributed by atoms with Gasteiger partial charge in [0.1, 0.15) is 16.2 Å². The van der Waals surface area contributed by atoms with Crippen molar-refractivity contribution in [2.45, 2.75) is 42.3 Å². The van der Waals surface area contributed by atoms with E-state index in [2.05, 4.69) is 31.5 Å². The van der Waals surface area contributed by atoms with E-state index in [-0.39, 0.29) is 28.3 Å². The Morgan fingerprint density at radius 3 is 2.59 bits per heavy atom. The molecule has 1 N–H and O–H groups in total. The molecule has 2 fully saturated rings. The van der Waals surface area contributed by atoms with Crippen molar-refractivity contribution >= 4 is 32.6 Å². The summed E-state index contributed by atoms with van der Waals surface area (Å²) in [5.41, 5.74) is 0.615. The van der Waals surface area contributed by atoms with Crippen LogP contribution in [0.1, 0.15) is 29.8 Å². The lowest BCUT2D eigenvalue weighted by atomic mass is 10.1. The van der Waals surface area contributed by atoms with E-state index in [0.717, 1.165) is 13.1 Å². The lowest BCUT2D eigenvalue weighted by Crippen LogP contribution is -2.52. The molecule has 1 aliphatic carbocycles. The number of benzene rings is 1. The van der Waals surface area contributed by atoms with Gasteiger partial charge >= 0.3 is 0 Å². The highest BCUT2D eigenvalue weighted by Gasteiger charge is 2.54. The largest absolute Gasteiger partial charge is 0.497 e. The van der Waals surface area contributed by atoms with Gasteiger partial charge in [-0.15, -0.1) is 10.2 Å². The second-order valence-electron chi connectivity index (χ2n) is 10.2. The molecule has 3 aromatic heterocycles. The fourth-order valence-corrected chi connectivity index (χ4v) is 7.39. The van der Waals surface area contributed by atoms with Crippen molar-refractivity contribution in [2.75, 3.05) is 32.6 Å². The zero-order valence-electron chi connectivity index (χ0n) is 22.2. The first kappa shape index (κ1) is 27.5. The van der Waals surface area contributed by atoms with E-state index in [4.69, 9.17) is 4.74 Å². The van der Waals surface area contributed by atoms with Crippen LogP contribution < -0.4 is 10.1 Å². The summed E-state index contributed by atoms with van der Waals surface area (Å²) in [4.78, 5) is 6.45. The minimum atomic E-state index is -4.23. The summed E-state index contributed by atoms with van der Waals surface area (Å²) in [5, 5.41) is 20.6. The molecule has 214 valence electrons. The minimum Gasteiger partial charge on any atom is -0.497 e. The lowest BCUT2D eigenvalue weighted by molar-refractivity contribution is 0.150. The van der Waals surface area contributed by atoms with Crippen LogP contribution in [0.15, 0.2) is 47.6 Å². The summed E-state index contributed by atoms with van der Waals surface area (Å²) >= 11 is 0.696. The van der Waals surface area contributed by atoms with Crippen LogP contribution in [-0.4, -0.2) is 76.0 Å². The van der Waals surface area contributed by atoms with Crippen LogP contribution in [-0.2, 0) is 16.6 Å². The number of aromatic nitrogens is 4. The Morgan fingerprint density at radius 2 is 2.00 bits per heavy atom. The van der Waals surface area contributed by atoms with Gasteiger partial charge in [0.15, 0.2) is 15.8 Å². The Hall–Kier alpha value is -3.71. The van der Waals surface area contributed by atoms with E-state index in [9.17, 15) is 22.5 Å². The van der Waals surface area contributed by atoms with Crippen molar-refractivity contribution in [3.63, 3.8) is 0 Å². The predicted octanol–water partition coefficient (Wildman–Crippen LogP) is 3.77. The van der Waals surface area contributed by atoms with E-state index in [1.165, 1.54) is 14.9 Å². The number of anilines is 1. The molecular formula is C26H26F2N8O3S2. The number of nitriles is 1. The Balaban J connectivity index is 1.46. The number of nitrogens with zero attached hydrogens (tertiary/aromatic N) is 7. The number of hydrogen-bond acceptors (Lipinski definition) is 10. The number of halogens is 2. The number of imidazole rings is 1. The number of sulfonamides is 1. The molecule has 0 spiro atoms. The van der Waals surface area contributed by atoms with Crippen LogP contribution in [0.5, 0.6) is 5.75 Å². The molecule has 41 heavy (non-hydrogen) atoms. The molecule has 1 saturated carbocycles. The van der Waals surface area contributed by atoms with Crippen LogP contribution in [0.2, 0.25) is 0 Å². The predicted molar refractivity (Wildman–Crippen MR) is 147 cm³/mol. The summed E-state index contributed by atoms with van der Waals surface area (Å²) in [7, 11) is -0.701. The van der Waals surface area contributed by atoms with E-state index in [1.54, 1.807) is 43.6 Å². The third kappa shape index (κ3) is 5.01. The molecule has 0 bridgehead atoms. The summed E-state index contributed by atoms with van der Waals surface area (Å²) in [6, 6.07) is 10.9. The molecule has 1 aromatic carbocycles. The lowest BCUT2D eigenvalue weighted by Gasteiger charge is -2.37. The molecule has 0 radical (unpaired) electrons. The van der Waals surface area contributed by atoms with Gasteiger partial charge in [0.2, 0.25) is 10.0 Å². The van der Waals surface area contributed by atoms with E-state index < -0.39 is 27.0 Å². The SMILES string of the molecule is COc1ccc(CN(C2(C#N)CC2)S(=O)(=O)c2cc(NC3CN(C)C3)c3cnc(-c4nnc(C(F)F)s4)n3c2)cc1. The number of rotatable bonds is 10. The Morgan fingerprint density at radius 1 is 1.27 bits per heavy atom. The first-order chi connectivity index (χ1) is 19.6. The summed E-state index contributed by atoms with van der Waals surface area (Å²) < 4.78 is 63.2. The molecule has 2 aliphatic rings. The Labute approximate surface area is 239 Å². The van der Waals surface area contributed by atoms with Gasteiger partial charge in [-0.3, -0.25) is 4.40 Å². The molecule has 0 amide bonds. The van der Waals surface area contributed by atoms with Crippen LogP contribution in [0.25, 0.3) is 16.3 Å². The Bertz CT molecular complexity index is 1740. The fraction of sp³-hybridized carbons (Fsp3) is 0.385. The highest BCUT2D eigenvalue weighted by Crippen LogP contribution is 2.45.